The fourth-order valence-electron chi connectivity index (χ4n) is 2.37. The molecule has 0 bridgehead atoms. The monoisotopic (exact) mass is 376 g/mol. The van der Waals surface area contributed by atoms with Crippen molar-refractivity contribution in [2.75, 3.05) is 27.2 Å². The number of amides is 1. The van der Waals surface area contributed by atoms with Crippen LogP contribution in [0.3, 0.4) is 0 Å². The van der Waals surface area contributed by atoms with Crippen molar-refractivity contribution in [3.63, 3.8) is 0 Å². The second kappa shape index (κ2) is 8.82. The Hall–Kier alpha value is -2.38. The zero-order valence-corrected chi connectivity index (χ0v) is 16.0. The molecule has 0 heterocycles. The zero-order chi connectivity index (χ0) is 19.2. The predicted octanol–water partition coefficient (Wildman–Crippen LogP) is 1.98. The molecule has 2 rings (SSSR count). The Labute approximate surface area is 154 Å². The van der Waals surface area contributed by atoms with E-state index in [9.17, 15) is 13.2 Å². The molecule has 26 heavy (non-hydrogen) atoms. The fraction of sp³-hybridized carbons (Fsp3) is 0.316. The Morgan fingerprint density at radius 3 is 2.27 bits per heavy atom. The maximum absolute atomic E-state index is 12.5. The van der Waals surface area contributed by atoms with E-state index in [2.05, 4.69) is 5.32 Å². The smallest absolute Gasteiger partial charge is 0.243 e. The maximum atomic E-state index is 12.5. The van der Waals surface area contributed by atoms with Crippen LogP contribution in [0.5, 0.6) is 5.75 Å². The number of nitrogens with one attached hydrogen (secondary N) is 1. The average molecular weight is 376 g/mol. The maximum Gasteiger partial charge on any atom is 0.243 e. The number of ether oxygens (including phenoxy) is 1. The number of methoxy groups -OCH3 is 1. The summed E-state index contributed by atoms with van der Waals surface area (Å²) in [6.07, 6.45) is 0.657. The topological polar surface area (TPSA) is 75.7 Å². The van der Waals surface area contributed by atoms with Crippen molar-refractivity contribution >= 4 is 15.9 Å². The van der Waals surface area contributed by atoms with Crippen LogP contribution in [-0.2, 0) is 21.2 Å². The minimum Gasteiger partial charge on any atom is -0.497 e. The second-order valence-electron chi connectivity index (χ2n) is 6.02. The molecule has 7 heteroatoms. The van der Waals surface area contributed by atoms with Gasteiger partial charge in [-0.3, -0.25) is 4.79 Å². The molecule has 0 fully saturated rings. The lowest BCUT2D eigenvalue weighted by atomic mass is 10.1. The zero-order valence-electron chi connectivity index (χ0n) is 15.2. The number of sulfonamides is 1. The van der Waals surface area contributed by atoms with Crippen molar-refractivity contribution in [2.24, 2.45) is 0 Å². The van der Waals surface area contributed by atoms with Crippen molar-refractivity contribution < 1.29 is 17.9 Å². The first-order valence-corrected chi connectivity index (χ1v) is 9.69. The minimum absolute atomic E-state index is 0.177. The van der Waals surface area contributed by atoms with Gasteiger partial charge < -0.3 is 10.1 Å². The molecular weight excluding hydrogens is 352 g/mol. The minimum atomic E-state index is -3.68. The van der Waals surface area contributed by atoms with Crippen LogP contribution in [0.1, 0.15) is 11.1 Å². The van der Waals surface area contributed by atoms with Crippen LogP contribution >= 0.6 is 0 Å². The fourth-order valence-corrected chi connectivity index (χ4v) is 3.50. The van der Waals surface area contributed by atoms with E-state index < -0.39 is 10.0 Å². The van der Waals surface area contributed by atoms with Gasteiger partial charge in [-0.2, -0.15) is 4.31 Å². The van der Waals surface area contributed by atoms with Gasteiger partial charge in [-0.05, 0) is 43.2 Å². The van der Waals surface area contributed by atoms with Crippen molar-refractivity contribution in [3.05, 3.63) is 59.7 Å². The quantitative estimate of drug-likeness (QED) is 0.764. The highest BCUT2D eigenvalue weighted by molar-refractivity contribution is 7.89. The number of aryl methyl sites for hydroxylation is 1. The summed E-state index contributed by atoms with van der Waals surface area (Å²) < 4.78 is 31.1. The standard InChI is InChI=1S/C19H24N2O4S/c1-15-4-10-18(11-5-15)26(23,24)21(2)14-19(22)20-13-12-16-6-8-17(25-3)9-7-16/h4-11H,12-14H2,1-3H3,(H,20,22). The summed E-state index contributed by atoms with van der Waals surface area (Å²) in [5.74, 6) is 0.442. The lowest BCUT2D eigenvalue weighted by Crippen LogP contribution is -2.39. The summed E-state index contributed by atoms with van der Waals surface area (Å²) >= 11 is 0. The molecule has 140 valence electrons. The summed E-state index contributed by atoms with van der Waals surface area (Å²) in [6.45, 7) is 2.10. The van der Waals surface area contributed by atoms with E-state index >= 15 is 0 Å². The van der Waals surface area contributed by atoms with Gasteiger partial charge in [0.2, 0.25) is 15.9 Å². The molecule has 0 saturated carbocycles. The first kappa shape index (κ1) is 19.9. The lowest BCUT2D eigenvalue weighted by Gasteiger charge is -2.17. The molecule has 2 aromatic carbocycles. The lowest BCUT2D eigenvalue weighted by molar-refractivity contribution is -0.121. The first-order chi connectivity index (χ1) is 12.3. The highest BCUT2D eigenvalue weighted by Crippen LogP contribution is 2.15. The van der Waals surface area contributed by atoms with Crippen LogP contribution in [0.25, 0.3) is 0 Å². The van der Waals surface area contributed by atoms with Gasteiger partial charge in [0.05, 0.1) is 18.6 Å². The molecule has 0 aromatic heterocycles. The van der Waals surface area contributed by atoms with Crippen molar-refractivity contribution in [1.29, 1.82) is 0 Å². The number of carbonyl (C=O) groups excluding carboxylic acids is 1. The Kier molecular flexibility index (Phi) is 6.76. The van der Waals surface area contributed by atoms with E-state index in [-0.39, 0.29) is 17.3 Å². The van der Waals surface area contributed by atoms with Gasteiger partial charge in [0.1, 0.15) is 5.75 Å². The largest absolute Gasteiger partial charge is 0.497 e. The molecule has 1 N–H and O–H groups in total. The third kappa shape index (κ3) is 5.31. The van der Waals surface area contributed by atoms with Gasteiger partial charge in [0, 0.05) is 13.6 Å². The summed E-state index contributed by atoms with van der Waals surface area (Å²) in [5, 5.41) is 2.75. The molecule has 6 nitrogen and oxygen atoms in total. The summed E-state index contributed by atoms with van der Waals surface area (Å²) in [7, 11) is -0.669. The van der Waals surface area contributed by atoms with Crippen molar-refractivity contribution in [2.45, 2.75) is 18.2 Å². The molecule has 0 spiro atoms. The van der Waals surface area contributed by atoms with E-state index in [0.29, 0.717) is 13.0 Å². The van der Waals surface area contributed by atoms with Crippen LogP contribution in [0.15, 0.2) is 53.4 Å². The second-order valence-corrected chi connectivity index (χ2v) is 8.07. The molecule has 0 radical (unpaired) electrons. The van der Waals surface area contributed by atoms with Crippen LogP contribution in [0.2, 0.25) is 0 Å². The number of benzene rings is 2. The number of hydrogen-bond donors (Lipinski definition) is 1. The van der Waals surface area contributed by atoms with Gasteiger partial charge in [-0.15, -0.1) is 0 Å². The van der Waals surface area contributed by atoms with Gasteiger partial charge in [-0.1, -0.05) is 29.8 Å². The predicted molar refractivity (Wildman–Crippen MR) is 101 cm³/mol. The highest BCUT2D eigenvalue weighted by atomic mass is 32.2. The molecule has 0 saturated heterocycles. The Morgan fingerprint density at radius 2 is 1.69 bits per heavy atom. The van der Waals surface area contributed by atoms with Gasteiger partial charge in [0.25, 0.3) is 0 Å². The molecule has 2 aromatic rings. The van der Waals surface area contributed by atoms with Gasteiger partial charge >= 0.3 is 0 Å². The van der Waals surface area contributed by atoms with Crippen LogP contribution in [0, 0.1) is 6.92 Å². The Balaban J connectivity index is 1.85. The normalized spacial score (nSPS) is 11.4. The van der Waals surface area contributed by atoms with E-state index in [1.165, 1.54) is 7.05 Å². The highest BCUT2D eigenvalue weighted by Gasteiger charge is 2.22. The van der Waals surface area contributed by atoms with Crippen LogP contribution in [0.4, 0.5) is 0 Å². The Bertz CT molecular complexity index is 831. The summed E-state index contributed by atoms with van der Waals surface area (Å²) in [5.41, 5.74) is 2.04. The van der Waals surface area contributed by atoms with Crippen LogP contribution < -0.4 is 10.1 Å². The van der Waals surface area contributed by atoms with E-state index in [0.717, 1.165) is 21.2 Å². The van der Waals surface area contributed by atoms with Crippen molar-refractivity contribution in [3.8, 4) is 5.75 Å². The number of carbonyl (C=O) groups is 1. The van der Waals surface area contributed by atoms with E-state index in [1.807, 2.05) is 31.2 Å². The Morgan fingerprint density at radius 1 is 1.08 bits per heavy atom. The molecule has 0 unspecified atom stereocenters. The average Bonchev–Trinajstić information content (AvgIpc) is 2.62. The third-order valence-corrected chi connectivity index (χ3v) is 5.81. The van der Waals surface area contributed by atoms with Gasteiger partial charge in [0.15, 0.2) is 0 Å². The number of hydrogen-bond acceptors (Lipinski definition) is 4. The molecule has 0 aliphatic heterocycles. The SMILES string of the molecule is COc1ccc(CCNC(=O)CN(C)S(=O)(=O)c2ccc(C)cc2)cc1. The molecule has 0 aliphatic rings. The number of nitrogens with zero attached hydrogens (tertiary/aromatic N) is 1. The van der Waals surface area contributed by atoms with Crippen LogP contribution in [-0.4, -0.2) is 45.9 Å². The van der Waals surface area contributed by atoms with E-state index in [1.54, 1.807) is 31.4 Å². The summed E-state index contributed by atoms with van der Waals surface area (Å²) in [6, 6.07) is 14.1. The van der Waals surface area contributed by atoms with Gasteiger partial charge in [-0.25, -0.2) is 8.42 Å². The van der Waals surface area contributed by atoms with Crippen molar-refractivity contribution in [1.82, 2.24) is 9.62 Å². The number of rotatable bonds is 8. The molecular formula is C19H24N2O4S. The molecule has 1 amide bonds. The number of likely N-dealkylation sites (N-methyl/N-ethyl adjacent to an activating group) is 1. The van der Waals surface area contributed by atoms with E-state index in [4.69, 9.17) is 4.74 Å². The third-order valence-electron chi connectivity index (χ3n) is 3.99. The molecule has 0 aliphatic carbocycles. The first-order valence-electron chi connectivity index (χ1n) is 8.25. The molecule has 0 atom stereocenters. The summed E-state index contributed by atoms with van der Waals surface area (Å²) in [4.78, 5) is 12.2.